The van der Waals surface area contributed by atoms with Crippen LogP contribution in [-0.2, 0) is 6.54 Å². The van der Waals surface area contributed by atoms with E-state index in [4.69, 9.17) is 16.3 Å². The van der Waals surface area contributed by atoms with Crippen LogP contribution in [0.3, 0.4) is 0 Å². The van der Waals surface area contributed by atoms with Crippen LogP contribution in [0.5, 0.6) is 5.75 Å². The van der Waals surface area contributed by atoms with Crippen LogP contribution in [0.25, 0.3) is 0 Å². The third-order valence-electron chi connectivity index (χ3n) is 2.36. The van der Waals surface area contributed by atoms with Gasteiger partial charge >= 0.3 is 0 Å². The van der Waals surface area contributed by atoms with Crippen LogP contribution in [0.2, 0.25) is 5.02 Å². The first kappa shape index (κ1) is 12.6. The summed E-state index contributed by atoms with van der Waals surface area (Å²) in [5.74, 6) is 0.213. The maximum atomic E-state index is 12.9. The van der Waals surface area contributed by atoms with Gasteiger partial charge in [0.15, 0.2) is 0 Å². The lowest BCUT2D eigenvalue weighted by atomic mass is 10.3. The Morgan fingerprint density at radius 3 is 2.61 bits per heavy atom. The Hall–Kier alpha value is -1.81. The van der Waals surface area contributed by atoms with Gasteiger partial charge < -0.3 is 9.30 Å². The molecule has 2 rings (SSSR count). The summed E-state index contributed by atoms with van der Waals surface area (Å²) >= 11 is 5.74. The van der Waals surface area contributed by atoms with Gasteiger partial charge in [0.2, 0.25) is 0 Å². The molecule has 1 heterocycles. The van der Waals surface area contributed by atoms with E-state index in [9.17, 15) is 9.18 Å². The van der Waals surface area contributed by atoms with Crippen molar-refractivity contribution in [2.75, 3.05) is 6.61 Å². The number of nitrogens with zero attached hydrogens (tertiary/aromatic N) is 1. The Labute approximate surface area is 108 Å². The first-order valence-electron chi connectivity index (χ1n) is 5.39. The maximum absolute atomic E-state index is 12.9. The van der Waals surface area contributed by atoms with Gasteiger partial charge in [0, 0.05) is 17.3 Å². The van der Waals surface area contributed by atoms with Gasteiger partial charge in [-0.2, -0.15) is 0 Å². The topological polar surface area (TPSA) is 31.2 Å². The van der Waals surface area contributed by atoms with Crippen molar-refractivity contribution < 1.29 is 9.13 Å². The minimum Gasteiger partial charge on any atom is -0.492 e. The molecule has 0 amide bonds. The van der Waals surface area contributed by atoms with Crippen LogP contribution in [0.4, 0.5) is 4.39 Å². The first-order valence-corrected chi connectivity index (χ1v) is 5.77. The minimum absolute atomic E-state index is 0.254. The SMILES string of the molecule is O=c1ccc(F)cn1CCOc1ccc(Cl)cc1. The summed E-state index contributed by atoms with van der Waals surface area (Å²) in [6.45, 7) is 0.574. The Balaban J connectivity index is 1.94. The standard InChI is InChI=1S/C13H11ClFNO2/c14-10-1-4-12(5-2-10)18-8-7-16-9-11(15)3-6-13(16)17/h1-6,9H,7-8H2. The van der Waals surface area contributed by atoms with E-state index in [1.165, 1.54) is 10.6 Å². The Bertz CT molecular complexity index is 580. The molecule has 2 aromatic rings. The van der Waals surface area contributed by atoms with Gasteiger partial charge in [0.25, 0.3) is 5.56 Å². The first-order chi connectivity index (χ1) is 8.65. The molecule has 0 spiro atoms. The zero-order valence-electron chi connectivity index (χ0n) is 9.48. The van der Waals surface area contributed by atoms with Crippen LogP contribution < -0.4 is 10.3 Å². The second-order valence-corrected chi connectivity index (χ2v) is 4.12. The van der Waals surface area contributed by atoms with Crippen LogP contribution in [0.1, 0.15) is 0 Å². The quantitative estimate of drug-likeness (QED) is 0.853. The number of benzene rings is 1. The highest BCUT2D eigenvalue weighted by atomic mass is 35.5. The van der Waals surface area contributed by atoms with Gasteiger partial charge in [-0.25, -0.2) is 4.39 Å². The Morgan fingerprint density at radius 2 is 1.89 bits per heavy atom. The average Bonchev–Trinajstić information content (AvgIpc) is 2.36. The maximum Gasteiger partial charge on any atom is 0.250 e. The van der Waals surface area contributed by atoms with Crippen molar-refractivity contribution in [3.63, 3.8) is 0 Å². The summed E-state index contributed by atoms with van der Waals surface area (Å²) < 4.78 is 19.6. The number of aromatic nitrogens is 1. The molecule has 0 aliphatic rings. The Morgan fingerprint density at radius 1 is 1.17 bits per heavy atom. The summed E-state index contributed by atoms with van der Waals surface area (Å²) in [6, 6.07) is 9.22. The molecule has 3 nitrogen and oxygen atoms in total. The molecule has 0 radical (unpaired) electrons. The minimum atomic E-state index is -0.443. The zero-order chi connectivity index (χ0) is 13.0. The molecule has 0 N–H and O–H groups in total. The lowest BCUT2D eigenvalue weighted by molar-refractivity contribution is 0.295. The Kier molecular flexibility index (Phi) is 3.99. The van der Waals surface area contributed by atoms with Crippen molar-refractivity contribution in [2.24, 2.45) is 0 Å². The van der Waals surface area contributed by atoms with E-state index in [0.29, 0.717) is 17.3 Å². The van der Waals surface area contributed by atoms with Crippen molar-refractivity contribution >= 4 is 11.6 Å². The summed E-state index contributed by atoms with van der Waals surface area (Å²) in [5, 5.41) is 0.628. The molecule has 94 valence electrons. The van der Waals surface area contributed by atoms with Gasteiger partial charge in [-0.15, -0.1) is 0 Å². The molecule has 0 atom stereocenters. The number of hydrogen-bond donors (Lipinski definition) is 0. The third-order valence-corrected chi connectivity index (χ3v) is 2.61. The summed E-state index contributed by atoms with van der Waals surface area (Å²) in [6.07, 6.45) is 1.16. The predicted molar refractivity (Wildman–Crippen MR) is 67.6 cm³/mol. The van der Waals surface area contributed by atoms with E-state index in [-0.39, 0.29) is 12.2 Å². The van der Waals surface area contributed by atoms with Crippen molar-refractivity contribution in [1.82, 2.24) is 4.57 Å². The smallest absolute Gasteiger partial charge is 0.250 e. The fraction of sp³-hybridized carbons (Fsp3) is 0.154. The third kappa shape index (κ3) is 3.34. The van der Waals surface area contributed by atoms with Gasteiger partial charge in [0.1, 0.15) is 18.2 Å². The monoisotopic (exact) mass is 267 g/mol. The number of rotatable bonds is 4. The van der Waals surface area contributed by atoms with Crippen LogP contribution in [-0.4, -0.2) is 11.2 Å². The fourth-order valence-electron chi connectivity index (χ4n) is 1.47. The normalized spacial score (nSPS) is 10.3. The van der Waals surface area contributed by atoms with E-state index in [1.54, 1.807) is 24.3 Å². The van der Waals surface area contributed by atoms with Gasteiger partial charge in [0.05, 0.1) is 6.54 Å². The predicted octanol–water partition coefficient (Wildman–Crippen LogP) is 2.72. The van der Waals surface area contributed by atoms with Crippen LogP contribution in [0.15, 0.2) is 47.4 Å². The lowest BCUT2D eigenvalue weighted by Gasteiger charge is -2.08. The van der Waals surface area contributed by atoms with E-state index in [0.717, 1.165) is 12.3 Å². The van der Waals surface area contributed by atoms with Crippen molar-refractivity contribution in [3.8, 4) is 5.75 Å². The highest BCUT2D eigenvalue weighted by Crippen LogP contribution is 2.15. The molecule has 18 heavy (non-hydrogen) atoms. The molecule has 0 bridgehead atoms. The second-order valence-electron chi connectivity index (χ2n) is 3.68. The van der Waals surface area contributed by atoms with E-state index in [2.05, 4.69) is 0 Å². The van der Waals surface area contributed by atoms with Crippen molar-refractivity contribution in [1.29, 1.82) is 0 Å². The molecular formula is C13H11ClFNO2. The van der Waals surface area contributed by atoms with Crippen LogP contribution in [0, 0.1) is 5.82 Å². The number of ether oxygens (including phenoxy) is 1. The lowest BCUT2D eigenvalue weighted by Crippen LogP contribution is -2.22. The number of hydrogen-bond acceptors (Lipinski definition) is 2. The molecule has 0 aliphatic carbocycles. The second kappa shape index (κ2) is 5.69. The summed E-state index contributed by atoms with van der Waals surface area (Å²) in [4.78, 5) is 11.4. The number of pyridine rings is 1. The highest BCUT2D eigenvalue weighted by molar-refractivity contribution is 6.30. The zero-order valence-corrected chi connectivity index (χ0v) is 10.2. The van der Waals surface area contributed by atoms with Gasteiger partial charge in [-0.05, 0) is 30.3 Å². The fourth-order valence-corrected chi connectivity index (χ4v) is 1.60. The number of halogens is 2. The van der Waals surface area contributed by atoms with E-state index >= 15 is 0 Å². The highest BCUT2D eigenvalue weighted by Gasteiger charge is 1.99. The molecular weight excluding hydrogens is 257 g/mol. The van der Waals surface area contributed by atoms with Gasteiger partial charge in [-0.1, -0.05) is 11.6 Å². The molecule has 0 fully saturated rings. The van der Waals surface area contributed by atoms with E-state index < -0.39 is 5.82 Å². The molecule has 0 aliphatic heterocycles. The molecule has 1 aromatic carbocycles. The van der Waals surface area contributed by atoms with Crippen molar-refractivity contribution in [3.05, 3.63) is 63.8 Å². The largest absolute Gasteiger partial charge is 0.492 e. The molecule has 1 aromatic heterocycles. The molecule has 0 saturated carbocycles. The average molecular weight is 268 g/mol. The van der Waals surface area contributed by atoms with Crippen LogP contribution >= 0.6 is 11.6 Å². The van der Waals surface area contributed by atoms with Crippen molar-refractivity contribution in [2.45, 2.75) is 6.54 Å². The van der Waals surface area contributed by atoms with Gasteiger partial charge in [-0.3, -0.25) is 4.79 Å². The molecule has 5 heteroatoms. The summed E-state index contributed by atoms with van der Waals surface area (Å²) in [5.41, 5.74) is -0.254. The molecule has 0 unspecified atom stereocenters. The molecule has 0 saturated heterocycles. The summed E-state index contributed by atoms with van der Waals surface area (Å²) in [7, 11) is 0. The van der Waals surface area contributed by atoms with E-state index in [1.807, 2.05) is 0 Å².